The molecule has 1 unspecified atom stereocenters. The molecule has 2 N–H and O–H groups in total. The topological polar surface area (TPSA) is 66.6 Å². The number of rotatable bonds is 2. The van der Waals surface area contributed by atoms with Crippen molar-refractivity contribution in [3.05, 3.63) is 45.4 Å². The molecule has 1 aliphatic heterocycles. The fourth-order valence-corrected chi connectivity index (χ4v) is 5.22. The van der Waals surface area contributed by atoms with Gasteiger partial charge in [0.1, 0.15) is 5.69 Å². The minimum Gasteiger partial charge on any atom is -0.477 e. The molecule has 0 bridgehead atoms. The number of halogens is 1. The molecule has 0 radical (unpaired) electrons. The zero-order valence-electron chi connectivity index (χ0n) is 14.8. The second-order valence-corrected chi connectivity index (χ2v) is 9.19. The Morgan fingerprint density at radius 1 is 1.38 bits per heavy atom. The van der Waals surface area contributed by atoms with E-state index in [1.807, 2.05) is 12.1 Å². The fraction of sp³-hybridized carbons (Fsp3) is 0.368. The Morgan fingerprint density at radius 3 is 2.85 bits per heavy atom. The molecular weight excluding hydrogens is 370 g/mol. The molecular formula is C19H20ClN3O2S. The van der Waals surface area contributed by atoms with Crippen LogP contribution >= 0.6 is 22.9 Å². The molecule has 1 aliphatic rings. The molecule has 0 spiro atoms. The van der Waals surface area contributed by atoms with Crippen LogP contribution in [0.2, 0.25) is 5.02 Å². The number of carboxylic acids is 1. The minimum atomic E-state index is -1.04. The number of nitrogens with one attached hydrogen (secondary N) is 1. The average molecular weight is 390 g/mol. The van der Waals surface area contributed by atoms with E-state index in [-0.39, 0.29) is 11.1 Å². The molecule has 0 saturated heterocycles. The monoisotopic (exact) mass is 389 g/mol. The van der Waals surface area contributed by atoms with Crippen molar-refractivity contribution in [3.8, 4) is 10.6 Å². The van der Waals surface area contributed by atoms with Gasteiger partial charge in [-0.25, -0.2) is 9.31 Å². The van der Waals surface area contributed by atoms with Gasteiger partial charge in [-0.1, -0.05) is 32.4 Å². The van der Waals surface area contributed by atoms with Crippen LogP contribution in [0.5, 0.6) is 0 Å². The summed E-state index contributed by atoms with van der Waals surface area (Å²) in [4.78, 5) is 13.9. The first-order valence-electron chi connectivity index (χ1n) is 8.53. The van der Waals surface area contributed by atoms with Crippen LogP contribution in [-0.4, -0.2) is 27.2 Å². The molecule has 0 aromatic carbocycles. The van der Waals surface area contributed by atoms with Crippen LogP contribution in [0.1, 0.15) is 47.7 Å². The van der Waals surface area contributed by atoms with Crippen LogP contribution in [0.15, 0.2) is 24.3 Å². The molecule has 4 rings (SSSR count). The van der Waals surface area contributed by atoms with Crippen molar-refractivity contribution >= 4 is 34.4 Å². The van der Waals surface area contributed by atoms with Crippen molar-refractivity contribution in [2.24, 2.45) is 5.41 Å². The molecule has 3 aromatic heterocycles. The largest absolute Gasteiger partial charge is 0.477 e. The summed E-state index contributed by atoms with van der Waals surface area (Å²) in [5, 5.41) is 18.0. The van der Waals surface area contributed by atoms with E-state index in [1.54, 1.807) is 11.3 Å². The molecule has 26 heavy (non-hydrogen) atoms. The van der Waals surface area contributed by atoms with Gasteiger partial charge in [-0.3, -0.25) is 0 Å². The van der Waals surface area contributed by atoms with Gasteiger partial charge in [0, 0.05) is 10.9 Å². The van der Waals surface area contributed by atoms with Crippen LogP contribution in [0.3, 0.4) is 0 Å². The lowest BCUT2D eigenvalue weighted by molar-refractivity contribution is 0.0688. The lowest BCUT2D eigenvalue weighted by atomic mass is 9.82. The summed E-state index contributed by atoms with van der Waals surface area (Å²) in [7, 11) is 0. The van der Waals surface area contributed by atoms with Gasteiger partial charge in [0.2, 0.25) is 0 Å². The third-order valence-corrected chi connectivity index (χ3v) is 6.32. The molecule has 4 heterocycles. The Balaban J connectivity index is 1.83. The molecule has 0 saturated carbocycles. The van der Waals surface area contributed by atoms with Crippen molar-refractivity contribution < 1.29 is 9.90 Å². The maximum Gasteiger partial charge on any atom is 0.354 e. The Bertz CT molecular complexity index is 1020. The number of carbonyl (C=O) groups is 1. The first-order valence-corrected chi connectivity index (χ1v) is 9.73. The highest BCUT2D eigenvalue weighted by Crippen LogP contribution is 2.43. The van der Waals surface area contributed by atoms with E-state index in [0.29, 0.717) is 16.6 Å². The summed E-state index contributed by atoms with van der Waals surface area (Å²) in [6, 6.07) is 7.68. The second kappa shape index (κ2) is 6.08. The van der Waals surface area contributed by atoms with E-state index >= 15 is 0 Å². The molecule has 1 atom stereocenters. The summed E-state index contributed by atoms with van der Waals surface area (Å²) >= 11 is 7.88. The Morgan fingerprint density at radius 2 is 2.15 bits per heavy atom. The molecule has 3 aromatic rings. The highest BCUT2D eigenvalue weighted by atomic mass is 35.5. The summed E-state index contributed by atoms with van der Waals surface area (Å²) < 4.78 is 1.41. The van der Waals surface area contributed by atoms with Crippen molar-refractivity contribution in [2.45, 2.75) is 33.2 Å². The Hall–Kier alpha value is -1.89. The van der Waals surface area contributed by atoms with Gasteiger partial charge in [0.15, 0.2) is 5.69 Å². The molecule has 0 aliphatic carbocycles. The van der Waals surface area contributed by atoms with Crippen LogP contribution in [0.4, 0.5) is 0 Å². The summed E-state index contributed by atoms with van der Waals surface area (Å²) in [6.07, 6.45) is 0.996. The van der Waals surface area contributed by atoms with Crippen LogP contribution < -0.4 is 5.32 Å². The van der Waals surface area contributed by atoms with Crippen molar-refractivity contribution in [1.29, 1.82) is 0 Å². The Kier molecular flexibility index (Phi) is 4.10. The summed E-state index contributed by atoms with van der Waals surface area (Å²) in [6.45, 7) is 7.69. The van der Waals surface area contributed by atoms with Crippen molar-refractivity contribution in [1.82, 2.24) is 14.9 Å². The summed E-state index contributed by atoms with van der Waals surface area (Å²) in [5.41, 5.74) is 2.92. The number of aromatic nitrogens is 2. The van der Waals surface area contributed by atoms with Crippen LogP contribution in [-0.2, 0) is 6.42 Å². The molecule has 0 amide bonds. The van der Waals surface area contributed by atoms with E-state index in [2.05, 4.69) is 37.3 Å². The number of hydrogen-bond acceptors (Lipinski definition) is 4. The Labute approximate surface area is 160 Å². The van der Waals surface area contributed by atoms with Crippen molar-refractivity contribution in [2.75, 3.05) is 6.54 Å². The van der Waals surface area contributed by atoms with Gasteiger partial charge in [-0.05, 0) is 48.2 Å². The quantitative estimate of drug-likeness (QED) is 0.669. The zero-order chi connectivity index (χ0) is 18.6. The second-order valence-electron chi connectivity index (χ2n) is 7.70. The number of nitrogens with zero attached hydrogens (tertiary/aromatic N) is 2. The number of aromatic carboxylic acids is 1. The maximum atomic E-state index is 11.5. The lowest BCUT2D eigenvalue weighted by Gasteiger charge is -2.34. The molecule has 5 nitrogen and oxygen atoms in total. The first-order chi connectivity index (χ1) is 12.3. The van der Waals surface area contributed by atoms with Gasteiger partial charge >= 0.3 is 5.97 Å². The normalized spacial score (nSPS) is 17.5. The fourth-order valence-electron chi connectivity index (χ4n) is 3.48. The predicted octanol–water partition coefficient (Wildman–Crippen LogP) is 4.65. The van der Waals surface area contributed by atoms with E-state index in [0.717, 1.165) is 23.5 Å². The smallest absolute Gasteiger partial charge is 0.354 e. The van der Waals surface area contributed by atoms with Gasteiger partial charge in [0.25, 0.3) is 0 Å². The van der Waals surface area contributed by atoms with Crippen LogP contribution in [0, 0.1) is 5.41 Å². The molecule has 0 fully saturated rings. The number of thiophene rings is 1. The third kappa shape index (κ3) is 2.82. The lowest BCUT2D eigenvalue weighted by Crippen LogP contribution is -2.36. The SMILES string of the molecule is CC(C)(C)C1NCCc2cc(-c3ccc4c(Cl)cc(C(=O)O)n4n3)sc21. The van der Waals surface area contributed by atoms with Gasteiger partial charge in [-0.2, -0.15) is 5.10 Å². The van der Waals surface area contributed by atoms with E-state index in [4.69, 9.17) is 11.6 Å². The zero-order valence-corrected chi connectivity index (χ0v) is 16.4. The maximum absolute atomic E-state index is 11.5. The minimum absolute atomic E-state index is 0.0717. The van der Waals surface area contributed by atoms with Crippen molar-refractivity contribution in [3.63, 3.8) is 0 Å². The van der Waals surface area contributed by atoms with Gasteiger partial charge in [-0.15, -0.1) is 11.3 Å². The summed E-state index contributed by atoms with van der Waals surface area (Å²) in [5.74, 6) is -1.04. The first kappa shape index (κ1) is 17.5. The number of carboxylic acid groups (broad SMARTS) is 1. The van der Waals surface area contributed by atoms with E-state index in [1.165, 1.54) is 21.0 Å². The van der Waals surface area contributed by atoms with Gasteiger partial charge < -0.3 is 10.4 Å². The predicted molar refractivity (Wildman–Crippen MR) is 104 cm³/mol. The van der Waals surface area contributed by atoms with Gasteiger partial charge in [0.05, 0.1) is 15.4 Å². The highest BCUT2D eigenvalue weighted by Gasteiger charge is 2.32. The molecule has 136 valence electrons. The van der Waals surface area contributed by atoms with Crippen LogP contribution in [0.25, 0.3) is 16.1 Å². The molecule has 7 heteroatoms. The number of fused-ring (bicyclic) bond motifs is 2. The van der Waals surface area contributed by atoms with E-state index in [9.17, 15) is 9.90 Å². The average Bonchev–Trinajstić information content (AvgIpc) is 3.14. The number of hydrogen-bond donors (Lipinski definition) is 2. The van der Waals surface area contributed by atoms with E-state index < -0.39 is 5.97 Å². The third-order valence-electron chi connectivity index (χ3n) is 4.76. The highest BCUT2D eigenvalue weighted by molar-refractivity contribution is 7.15. The standard InChI is InChI=1S/C19H20ClN3O2S/c1-19(2,3)17-16-10(6-7-21-17)8-15(26-16)12-4-5-13-11(20)9-14(18(24)25)23(13)22-12/h4-5,8-9,17,21H,6-7H2,1-3H3,(H,24,25).